The van der Waals surface area contributed by atoms with E-state index in [2.05, 4.69) is 24.4 Å². The largest absolute Gasteiger partial charge is 0.494 e. The monoisotopic (exact) mass is 648 g/mol. The van der Waals surface area contributed by atoms with Crippen LogP contribution in [0.4, 0.5) is 5.69 Å². The highest BCUT2D eigenvalue weighted by atomic mass is 16.5. The quantitative estimate of drug-likeness (QED) is 0.0590. The molecular formula is C41H48N2O5. The molecule has 0 heterocycles. The summed E-state index contributed by atoms with van der Waals surface area (Å²) in [6.07, 6.45) is 7.26. The number of methoxy groups -OCH3 is 1. The van der Waals surface area contributed by atoms with E-state index in [1.54, 1.807) is 24.3 Å². The summed E-state index contributed by atoms with van der Waals surface area (Å²) in [5.41, 5.74) is 3.66. The van der Waals surface area contributed by atoms with Gasteiger partial charge in [-0.2, -0.15) is 0 Å². The van der Waals surface area contributed by atoms with Gasteiger partial charge in [0.25, 0.3) is 0 Å². The summed E-state index contributed by atoms with van der Waals surface area (Å²) in [5, 5.41) is 3.25. The molecule has 0 bridgehead atoms. The second-order valence-corrected chi connectivity index (χ2v) is 12.0. The summed E-state index contributed by atoms with van der Waals surface area (Å²) < 4.78 is 11.1. The van der Waals surface area contributed by atoms with Crippen LogP contribution in [0, 0.1) is 0 Å². The molecule has 0 spiro atoms. The van der Waals surface area contributed by atoms with Crippen molar-refractivity contribution in [2.45, 2.75) is 70.9 Å². The van der Waals surface area contributed by atoms with Crippen LogP contribution in [0.2, 0.25) is 0 Å². The second kappa shape index (κ2) is 19.7. The first-order valence-electron chi connectivity index (χ1n) is 17.0. The smallest absolute Gasteiger partial charge is 0.328 e. The van der Waals surface area contributed by atoms with Gasteiger partial charge < -0.3 is 19.7 Å². The van der Waals surface area contributed by atoms with Gasteiger partial charge >= 0.3 is 5.97 Å². The van der Waals surface area contributed by atoms with E-state index in [-0.39, 0.29) is 11.7 Å². The summed E-state index contributed by atoms with van der Waals surface area (Å²) in [6, 6.07) is 33.3. The number of unbranched alkanes of at least 4 members (excludes halogenated alkanes) is 4. The zero-order valence-corrected chi connectivity index (χ0v) is 28.2. The Bertz CT molecular complexity index is 1560. The summed E-state index contributed by atoms with van der Waals surface area (Å²) in [4.78, 5) is 41.1. The highest BCUT2D eigenvalue weighted by Gasteiger charge is 2.23. The van der Waals surface area contributed by atoms with E-state index in [0.29, 0.717) is 55.8 Å². The summed E-state index contributed by atoms with van der Waals surface area (Å²) in [7, 11) is 1.36. The lowest BCUT2D eigenvalue weighted by molar-refractivity contribution is -0.141. The maximum Gasteiger partial charge on any atom is 0.328 e. The molecule has 1 amide bonds. The highest BCUT2D eigenvalue weighted by Crippen LogP contribution is 2.22. The maximum absolute atomic E-state index is 13.2. The number of ether oxygens (including phenoxy) is 2. The molecule has 0 aromatic heterocycles. The average Bonchev–Trinajstić information content (AvgIpc) is 3.13. The van der Waals surface area contributed by atoms with E-state index in [9.17, 15) is 14.4 Å². The molecule has 0 fully saturated rings. The van der Waals surface area contributed by atoms with Gasteiger partial charge in [0, 0.05) is 42.7 Å². The van der Waals surface area contributed by atoms with Crippen molar-refractivity contribution in [3.63, 3.8) is 0 Å². The summed E-state index contributed by atoms with van der Waals surface area (Å²) >= 11 is 0. The molecule has 0 radical (unpaired) electrons. The number of para-hydroxylation sites is 1. The fourth-order valence-electron chi connectivity index (χ4n) is 5.61. The molecule has 0 saturated heterocycles. The maximum atomic E-state index is 13.2. The third-order valence-corrected chi connectivity index (χ3v) is 8.29. The number of esters is 1. The Morgan fingerprint density at radius 3 is 2.10 bits per heavy atom. The molecule has 7 nitrogen and oxygen atoms in total. The molecule has 1 atom stereocenters. The van der Waals surface area contributed by atoms with E-state index in [4.69, 9.17) is 9.47 Å². The number of rotatable bonds is 20. The van der Waals surface area contributed by atoms with Crippen molar-refractivity contribution < 1.29 is 23.9 Å². The predicted octanol–water partition coefficient (Wildman–Crippen LogP) is 8.27. The topological polar surface area (TPSA) is 84.9 Å². The second-order valence-electron chi connectivity index (χ2n) is 12.0. The number of nitrogens with one attached hydrogen (secondary N) is 1. The minimum absolute atomic E-state index is 0.126. The Hall–Kier alpha value is -4.91. The van der Waals surface area contributed by atoms with Crippen LogP contribution in [0.25, 0.3) is 0 Å². The first-order chi connectivity index (χ1) is 23.5. The van der Waals surface area contributed by atoms with Crippen LogP contribution in [0.15, 0.2) is 109 Å². The lowest BCUT2D eigenvalue weighted by Crippen LogP contribution is -2.33. The Balaban J connectivity index is 1.31. The molecule has 0 saturated carbocycles. The van der Waals surface area contributed by atoms with Crippen molar-refractivity contribution in [1.29, 1.82) is 0 Å². The van der Waals surface area contributed by atoms with E-state index in [1.807, 2.05) is 77.7 Å². The molecule has 4 aromatic carbocycles. The van der Waals surface area contributed by atoms with Crippen LogP contribution in [0.5, 0.6) is 5.75 Å². The molecule has 0 aliphatic heterocycles. The minimum Gasteiger partial charge on any atom is -0.494 e. The number of carbonyl (C=O) groups is 3. The van der Waals surface area contributed by atoms with Crippen molar-refractivity contribution in [1.82, 2.24) is 4.90 Å². The highest BCUT2D eigenvalue weighted by molar-refractivity contribution is 6.12. The van der Waals surface area contributed by atoms with Crippen LogP contribution < -0.4 is 10.1 Å². The van der Waals surface area contributed by atoms with Gasteiger partial charge in [-0.05, 0) is 48.2 Å². The summed E-state index contributed by atoms with van der Waals surface area (Å²) in [5.74, 6) is 0.365. The van der Waals surface area contributed by atoms with Gasteiger partial charge in [0.2, 0.25) is 5.91 Å². The number of amides is 1. The Labute approximate surface area is 285 Å². The van der Waals surface area contributed by atoms with Gasteiger partial charge in [-0.1, -0.05) is 118 Å². The van der Waals surface area contributed by atoms with Gasteiger partial charge in [-0.15, -0.1) is 0 Å². The number of hydrogen-bond donors (Lipinski definition) is 1. The normalized spacial score (nSPS) is 11.4. The number of ketones is 1. The lowest BCUT2D eigenvalue weighted by atomic mass is 10.00. The van der Waals surface area contributed by atoms with E-state index < -0.39 is 12.0 Å². The van der Waals surface area contributed by atoms with Crippen molar-refractivity contribution >= 4 is 23.3 Å². The predicted molar refractivity (Wildman–Crippen MR) is 191 cm³/mol. The number of carbonyl (C=O) groups excluding carboxylic acids is 3. The average molecular weight is 649 g/mol. The zero-order chi connectivity index (χ0) is 34.0. The van der Waals surface area contributed by atoms with E-state index in [1.165, 1.54) is 26.4 Å². The molecule has 4 rings (SSSR count). The van der Waals surface area contributed by atoms with Crippen LogP contribution in [-0.4, -0.2) is 48.9 Å². The molecule has 0 unspecified atom stereocenters. The fraction of sp³-hybridized carbons (Fsp3) is 0.341. The number of anilines is 1. The van der Waals surface area contributed by atoms with Crippen LogP contribution in [0.1, 0.15) is 78.9 Å². The first-order valence-corrected chi connectivity index (χ1v) is 17.0. The van der Waals surface area contributed by atoms with Gasteiger partial charge in [0.15, 0.2) is 5.78 Å². The van der Waals surface area contributed by atoms with Crippen molar-refractivity contribution in [2.24, 2.45) is 0 Å². The first kappa shape index (κ1) is 35.9. The van der Waals surface area contributed by atoms with Crippen molar-refractivity contribution in [3.8, 4) is 5.75 Å². The van der Waals surface area contributed by atoms with Gasteiger partial charge in [0.05, 0.1) is 13.7 Å². The van der Waals surface area contributed by atoms with Crippen LogP contribution in [-0.2, 0) is 27.3 Å². The fourth-order valence-corrected chi connectivity index (χ4v) is 5.61. The molecule has 4 aromatic rings. The van der Waals surface area contributed by atoms with E-state index >= 15 is 0 Å². The molecule has 1 N–H and O–H groups in total. The Morgan fingerprint density at radius 1 is 0.729 bits per heavy atom. The molecular weight excluding hydrogens is 600 g/mol. The molecule has 252 valence electrons. The molecule has 0 aliphatic carbocycles. The number of benzene rings is 4. The third-order valence-electron chi connectivity index (χ3n) is 8.29. The standard InChI is InChI=1S/C41H48N2O5/c1-3-4-5-6-13-23-39(44)43(31-33-17-9-7-10-18-33)28-16-29-48-35-26-24-32(25-27-35)30-38(41(46)47-2)42-37-22-15-14-21-36(37)40(45)34-19-11-8-12-20-34/h7-12,14-15,17-22,24-27,38,42H,3-6,13,16,23,28-31H2,1-2H3/t38-/m0/s1. The van der Waals surface area contributed by atoms with Crippen molar-refractivity contribution in [2.75, 3.05) is 25.6 Å². The molecule has 48 heavy (non-hydrogen) atoms. The van der Waals surface area contributed by atoms with Crippen LogP contribution in [0.3, 0.4) is 0 Å². The Morgan fingerprint density at radius 2 is 1.40 bits per heavy atom. The number of hydrogen-bond acceptors (Lipinski definition) is 6. The van der Waals surface area contributed by atoms with Crippen LogP contribution >= 0.6 is 0 Å². The van der Waals surface area contributed by atoms with Gasteiger partial charge in [-0.3, -0.25) is 9.59 Å². The SMILES string of the molecule is CCCCCCCC(=O)N(CCCOc1ccc(C[C@H](Nc2ccccc2C(=O)c2ccccc2)C(=O)OC)cc1)Cc1ccccc1. The third kappa shape index (κ3) is 11.4. The van der Waals surface area contributed by atoms with Crippen molar-refractivity contribution in [3.05, 3.63) is 131 Å². The minimum atomic E-state index is -0.703. The summed E-state index contributed by atoms with van der Waals surface area (Å²) in [6.45, 7) is 3.90. The van der Waals surface area contributed by atoms with Gasteiger partial charge in [-0.25, -0.2) is 4.79 Å². The van der Waals surface area contributed by atoms with E-state index in [0.717, 1.165) is 29.7 Å². The molecule has 0 aliphatic rings. The Kier molecular flexibility index (Phi) is 14.7. The number of nitrogens with zero attached hydrogens (tertiary/aromatic N) is 1. The lowest BCUT2D eigenvalue weighted by Gasteiger charge is -2.23. The molecule has 7 heteroatoms. The van der Waals surface area contributed by atoms with Gasteiger partial charge in [0.1, 0.15) is 11.8 Å². The zero-order valence-electron chi connectivity index (χ0n) is 28.2.